The Morgan fingerprint density at radius 2 is 1.12 bits per heavy atom. The molecule has 0 saturated heterocycles. The Morgan fingerprint density at radius 1 is 0.692 bits per heavy atom. The van der Waals surface area contributed by atoms with Crippen LogP contribution in [0.4, 0.5) is 0 Å². The maximum absolute atomic E-state index is 6.17. The molecule has 0 fully saturated rings. The highest BCUT2D eigenvalue weighted by Crippen LogP contribution is 2.26. The molecule has 0 aromatic heterocycles. The first-order valence-electron chi connectivity index (χ1n) is 8.52. The molecule has 0 unspecified atom stereocenters. The highest BCUT2D eigenvalue weighted by molar-refractivity contribution is 5.41. The molecule has 0 bridgehead atoms. The highest BCUT2D eigenvalue weighted by Gasteiger charge is 2.09. The number of methoxy groups -OCH3 is 4. The molecule has 2 aromatic carbocycles. The molecule has 142 valence electrons. The molecular weight excluding hydrogens is 332 g/mol. The highest BCUT2D eigenvalue weighted by atomic mass is 16.5. The standard InChI is InChI=1S/C20H28N2O4/c1-23-17-7-5-15(19(13-17)25-3)9-11-22(21)12-10-16-6-8-18(24-2)14-20(16)26-4/h5-8,13-14H,9-12,21H2,1-4H3. The van der Waals surface area contributed by atoms with Gasteiger partial charge in [0.15, 0.2) is 0 Å². The minimum absolute atomic E-state index is 0.723. The van der Waals surface area contributed by atoms with Crippen molar-refractivity contribution in [2.24, 2.45) is 5.84 Å². The zero-order valence-electron chi connectivity index (χ0n) is 16.0. The normalized spacial score (nSPS) is 10.7. The third-order valence-electron chi connectivity index (χ3n) is 4.33. The van der Waals surface area contributed by atoms with Crippen molar-refractivity contribution in [3.8, 4) is 23.0 Å². The first kappa shape index (κ1) is 19.9. The molecule has 0 aliphatic rings. The van der Waals surface area contributed by atoms with Crippen LogP contribution in [0.5, 0.6) is 23.0 Å². The number of ether oxygens (including phenoxy) is 4. The molecule has 0 saturated carbocycles. The Bertz CT molecular complexity index is 647. The van der Waals surface area contributed by atoms with Crippen LogP contribution in [0.2, 0.25) is 0 Å². The van der Waals surface area contributed by atoms with Crippen LogP contribution in [0.1, 0.15) is 11.1 Å². The summed E-state index contributed by atoms with van der Waals surface area (Å²) in [6, 6.07) is 11.7. The molecule has 0 aliphatic carbocycles. The molecule has 6 heteroatoms. The summed E-state index contributed by atoms with van der Waals surface area (Å²) in [7, 11) is 6.61. The molecule has 0 spiro atoms. The van der Waals surface area contributed by atoms with E-state index in [1.165, 1.54) is 0 Å². The molecule has 2 N–H and O–H groups in total. The van der Waals surface area contributed by atoms with E-state index in [0.717, 1.165) is 60.1 Å². The van der Waals surface area contributed by atoms with Gasteiger partial charge in [-0.3, -0.25) is 5.84 Å². The first-order valence-corrected chi connectivity index (χ1v) is 8.52. The largest absolute Gasteiger partial charge is 0.497 e. The van der Waals surface area contributed by atoms with E-state index in [9.17, 15) is 0 Å². The number of hydrogen-bond acceptors (Lipinski definition) is 6. The summed E-state index contributed by atoms with van der Waals surface area (Å²) < 4.78 is 21.3. The van der Waals surface area contributed by atoms with Crippen LogP contribution in [0.3, 0.4) is 0 Å². The van der Waals surface area contributed by atoms with Crippen molar-refractivity contribution in [2.75, 3.05) is 41.5 Å². The number of nitrogens with two attached hydrogens (primary N) is 1. The number of benzene rings is 2. The molecule has 0 heterocycles. The lowest BCUT2D eigenvalue weighted by Crippen LogP contribution is -2.35. The number of hydrogen-bond donors (Lipinski definition) is 1. The predicted molar refractivity (Wildman–Crippen MR) is 102 cm³/mol. The minimum atomic E-state index is 0.723. The first-order chi connectivity index (χ1) is 12.6. The summed E-state index contributed by atoms with van der Waals surface area (Å²) in [5.41, 5.74) is 2.21. The van der Waals surface area contributed by atoms with Gasteiger partial charge in [-0.25, -0.2) is 5.01 Å². The van der Waals surface area contributed by atoms with Gasteiger partial charge in [0.05, 0.1) is 28.4 Å². The van der Waals surface area contributed by atoms with E-state index < -0.39 is 0 Å². The number of nitrogens with zero attached hydrogens (tertiary/aromatic N) is 1. The summed E-state index contributed by atoms with van der Waals surface area (Å²) in [6.07, 6.45) is 1.59. The lowest BCUT2D eigenvalue weighted by Gasteiger charge is -2.18. The van der Waals surface area contributed by atoms with Gasteiger partial charge < -0.3 is 18.9 Å². The van der Waals surface area contributed by atoms with Crippen molar-refractivity contribution in [1.82, 2.24) is 5.01 Å². The van der Waals surface area contributed by atoms with Crippen LogP contribution in [-0.4, -0.2) is 46.5 Å². The van der Waals surface area contributed by atoms with E-state index in [2.05, 4.69) is 0 Å². The van der Waals surface area contributed by atoms with E-state index >= 15 is 0 Å². The molecule has 0 aliphatic heterocycles. The summed E-state index contributed by atoms with van der Waals surface area (Å²) in [4.78, 5) is 0. The van der Waals surface area contributed by atoms with Crippen LogP contribution < -0.4 is 24.8 Å². The second kappa shape index (κ2) is 9.89. The fourth-order valence-electron chi connectivity index (χ4n) is 2.76. The molecule has 0 amide bonds. The van der Waals surface area contributed by atoms with Gasteiger partial charge in [-0.05, 0) is 36.1 Å². The van der Waals surface area contributed by atoms with E-state index in [4.69, 9.17) is 24.8 Å². The third kappa shape index (κ3) is 5.28. The Balaban J connectivity index is 1.90. The molecule has 0 radical (unpaired) electrons. The van der Waals surface area contributed by atoms with E-state index in [-0.39, 0.29) is 0 Å². The Labute approximate surface area is 155 Å². The molecule has 6 nitrogen and oxygen atoms in total. The smallest absolute Gasteiger partial charge is 0.125 e. The third-order valence-corrected chi connectivity index (χ3v) is 4.33. The van der Waals surface area contributed by atoms with Gasteiger partial charge in [0, 0.05) is 25.2 Å². The van der Waals surface area contributed by atoms with Gasteiger partial charge in [0.2, 0.25) is 0 Å². The monoisotopic (exact) mass is 360 g/mol. The summed E-state index contributed by atoms with van der Waals surface area (Å²) >= 11 is 0. The molecule has 0 atom stereocenters. The summed E-state index contributed by atoms with van der Waals surface area (Å²) in [6.45, 7) is 1.45. The summed E-state index contributed by atoms with van der Waals surface area (Å²) in [5, 5.41) is 1.81. The lowest BCUT2D eigenvalue weighted by molar-refractivity contribution is 0.287. The van der Waals surface area contributed by atoms with Crippen molar-refractivity contribution < 1.29 is 18.9 Å². The van der Waals surface area contributed by atoms with Gasteiger partial charge >= 0.3 is 0 Å². The van der Waals surface area contributed by atoms with Crippen LogP contribution in [0.25, 0.3) is 0 Å². The van der Waals surface area contributed by atoms with Gasteiger partial charge in [-0.2, -0.15) is 0 Å². The maximum Gasteiger partial charge on any atom is 0.125 e. The molecule has 26 heavy (non-hydrogen) atoms. The predicted octanol–water partition coefficient (Wildman–Crippen LogP) is 2.68. The number of rotatable bonds is 10. The SMILES string of the molecule is COc1ccc(CCN(N)CCc2ccc(OC)cc2OC)c(OC)c1. The molecule has 2 aromatic rings. The van der Waals surface area contributed by atoms with Crippen LogP contribution in [0.15, 0.2) is 36.4 Å². The van der Waals surface area contributed by atoms with Crippen LogP contribution >= 0.6 is 0 Å². The topological polar surface area (TPSA) is 66.2 Å². The maximum atomic E-state index is 6.17. The molecule has 2 rings (SSSR count). The van der Waals surface area contributed by atoms with Crippen LogP contribution in [-0.2, 0) is 12.8 Å². The Hall–Kier alpha value is -2.44. The van der Waals surface area contributed by atoms with Gasteiger partial charge in [-0.1, -0.05) is 12.1 Å². The van der Waals surface area contributed by atoms with Gasteiger partial charge in [-0.15, -0.1) is 0 Å². The Morgan fingerprint density at radius 3 is 1.46 bits per heavy atom. The van der Waals surface area contributed by atoms with E-state index in [1.54, 1.807) is 28.4 Å². The van der Waals surface area contributed by atoms with Gasteiger partial charge in [0.1, 0.15) is 23.0 Å². The van der Waals surface area contributed by atoms with Crippen LogP contribution in [0, 0.1) is 0 Å². The van der Waals surface area contributed by atoms with Crippen molar-refractivity contribution in [1.29, 1.82) is 0 Å². The average molecular weight is 360 g/mol. The fraction of sp³-hybridized carbons (Fsp3) is 0.400. The Kier molecular flexibility index (Phi) is 7.56. The van der Waals surface area contributed by atoms with Crippen molar-refractivity contribution in [3.05, 3.63) is 47.5 Å². The van der Waals surface area contributed by atoms with Crippen molar-refractivity contribution in [2.45, 2.75) is 12.8 Å². The van der Waals surface area contributed by atoms with E-state index in [1.807, 2.05) is 41.4 Å². The minimum Gasteiger partial charge on any atom is -0.497 e. The molecular formula is C20H28N2O4. The number of hydrazine groups is 1. The fourth-order valence-corrected chi connectivity index (χ4v) is 2.76. The second-order valence-electron chi connectivity index (χ2n) is 5.89. The quantitative estimate of drug-likeness (QED) is 0.519. The van der Waals surface area contributed by atoms with Crippen molar-refractivity contribution in [3.63, 3.8) is 0 Å². The van der Waals surface area contributed by atoms with E-state index in [0.29, 0.717) is 0 Å². The zero-order valence-corrected chi connectivity index (χ0v) is 16.0. The summed E-state index contributed by atoms with van der Waals surface area (Å²) in [5.74, 6) is 9.35. The second-order valence-corrected chi connectivity index (χ2v) is 5.89. The zero-order chi connectivity index (χ0) is 18.9. The van der Waals surface area contributed by atoms with Crippen molar-refractivity contribution >= 4 is 0 Å². The van der Waals surface area contributed by atoms with Gasteiger partial charge in [0.25, 0.3) is 0 Å². The lowest BCUT2D eigenvalue weighted by atomic mass is 10.1. The average Bonchev–Trinajstić information content (AvgIpc) is 2.70.